The fraction of sp³-hybridized carbons (Fsp3) is 0.622. The zero-order valence-electron chi connectivity index (χ0n) is 27.7. The van der Waals surface area contributed by atoms with E-state index >= 15 is 0 Å². The first kappa shape index (κ1) is 40.1. The van der Waals surface area contributed by atoms with Crippen LogP contribution in [-0.4, -0.2) is 37.5 Å². The lowest BCUT2D eigenvalue weighted by Gasteiger charge is -2.38. The van der Waals surface area contributed by atoms with E-state index in [1.807, 2.05) is 0 Å². The highest BCUT2D eigenvalue weighted by Crippen LogP contribution is 2.56. The standard InChI is InChI=1S/C37H50F6O4/c1-3-5-7-9-11-13-15-17-27-46-33(44)29-19-23-31(24-20-29)35(36(38,39)40,37(41,42)43)32-25-21-30(22-26-32)34(45)47-28-18-16-14-12-10-8-6-4-2/h19-26H,3-18,27-28H2,1-2H3. The van der Waals surface area contributed by atoms with E-state index in [1.165, 1.54) is 25.7 Å². The van der Waals surface area contributed by atoms with Crippen LogP contribution in [0.4, 0.5) is 26.3 Å². The van der Waals surface area contributed by atoms with Crippen molar-refractivity contribution < 1.29 is 45.4 Å². The Morgan fingerprint density at radius 3 is 1.02 bits per heavy atom. The molecule has 0 aliphatic carbocycles. The lowest BCUT2D eigenvalue weighted by atomic mass is 9.72. The third-order valence-corrected chi connectivity index (χ3v) is 8.42. The number of unbranched alkanes of at least 4 members (excludes halogenated alkanes) is 14. The van der Waals surface area contributed by atoms with Gasteiger partial charge in [-0.3, -0.25) is 0 Å². The van der Waals surface area contributed by atoms with Crippen molar-refractivity contribution in [3.8, 4) is 0 Å². The largest absolute Gasteiger partial charge is 0.462 e. The molecule has 4 nitrogen and oxygen atoms in total. The van der Waals surface area contributed by atoms with Crippen LogP contribution in [-0.2, 0) is 14.9 Å². The summed E-state index contributed by atoms with van der Waals surface area (Å²) in [7, 11) is 0. The van der Waals surface area contributed by atoms with E-state index in [9.17, 15) is 35.9 Å². The van der Waals surface area contributed by atoms with Crippen molar-refractivity contribution >= 4 is 11.9 Å². The minimum absolute atomic E-state index is 0.110. The molecule has 2 rings (SSSR count). The average molecular weight is 673 g/mol. The maximum absolute atomic E-state index is 14.6. The third-order valence-electron chi connectivity index (χ3n) is 8.42. The number of esters is 2. The van der Waals surface area contributed by atoms with Gasteiger partial charge in [0.15, 0.2) is 0 Å². The molecule has 2 aromatic carbocycles. The van der Waals surface area contributed by atoms with Crippen LogP contribution in [0.15, 0.2) is 48.5 Å². The van der Waals surface area contributed by atoms with Gasteiger partial charge in [0, 0.05) is 0 Å². The molecule has 0 aliphatic rings. The number of rotatable bonds is 22. The molecule has 0 spiro atoms. The average Bonchev–Trinajstić information content (AvgIpc) is 3.02. The Morgan fingerprint density at radius 2 is 0.745 bits per heavy atom. The van der Waals surface area contributed by atoms with Crippen LogP contribution in [0.1, 0.15) is 148 Å². The number of carbonyl (C=O) groups is 2. The van der Waals surface area contributed by atoms with Crippen LogP contribution in [0.25, 0.3) is 0 Å². The van der Waals surface area contributed by atoms with Crippen LogP contribution in [0.3, 0.4) is 0 Å². The van der Waals surface area contributed by atoms with Gasteiger partial charge in [-0.25, -0.2) is 9.59 Å². The predicted molar refractivity (Wildman–Crippen MR) is 172 cm³/mol. The molecular weight excluding hydrogens is 622 g/mol. The Kier molecular flexibility index (Phi) is 17.4. The van der Waals surface area contributed by atoms with Crippen LogP contribution in [0.5, 0.6) is 0 Å². The Morgan fingerprint density at radius 1 is 0.468 bits per heavy atom. The van der Waals surface area contributed by atoms with E-state index in [4.69, 9.17) is 9.47 Å². The molecule has 0 amide bonds. The Bertz CT molecular complexity index is 1080. The normalized spacial score (nSPS) is 12.3. The zero-order chi connectivity index (χ0) is 34.8. The van der Waals surface area contributed by atoms with Gasteiger partial charge in [0.05, 0.1) is 24.3 Å². The second-order valence-electron chi connectivity index (χ2n) is 12.1. The minimum atomic E-state index is -5.80. The highest BCUT2D eigenvalue weighted by atomic mass is 19.4. The number of hydrogen-bond acceptors (Lipinski definition) is 4. The predicted octanol–water partition coefficient (Wildman–Crippen LogP) is 11.7. The van der Waals surface area contributed by atoms with Crippen molar-refractivity contribution in [3.05, 3.63) is 70.8 Å². The van der Waals surface area contributed by atoms with E-state index in [0.29, 0.717) is 37.1 Å². The van der Waals surface area contributed by atoms with Gasteiger partial charge in [-0.1, -0.05) is 128 Å². The number of alkyl halides is 6. The van der Waals surface area contributed by atoms with Gasteiger partial charge in [0.25, 0.3) is 0 Å². The minimum Gasteiger partial charge on any atom is -0.462 e. The molecule has 0 heterocycles. The fourth-order valence-corrected chi connectivity index (χ4v) is 5.66. The topological polar surface area (TPSA) is 52.6 Å². The van der Waals surface area contributed by atoms with Crippen LogP contribution < -0.4 is 0 Å². The molecule has 0 aromatic heterocycles. The monoisotopic (exact) mass is 672 g/mol. The molecule has 0 saturated carbocycles. The summed E-state index contributed by atoms with van der Waals surface area (Å²) in [5, 5.41) is 0. The SMILES string of the molecule is CCCCCCCCCCOC(=O)c1ccc(C(c2ccc(C(=O)OCCCCCCCCCC)cc2)(C(F)(F)F)C(F)(F)F)cc1. The highest BCUT2D eigenvalue weighted by molar-refractivity contribution is 5.90. The van der Waals surface area contributed by atoms with E-state index in [1.54, 1.807) is 0 Å². The van der Waals surface area contributed by atoms with Crippen molar-refractivity contribution in [2.45, 2.75) is 134 Å². The smallest absolute Gasteiger partial charge is 0.411 e. The van der Waals surface area contributed by atoms with Crippen molar-refractivity contribution in [1.82, 2.24) is 0 Å². The first-order valence-electron chi connectivity index (χ1n) is 17.1. The molecule has 2 aromatic rings. The van der Waals surface area contributed by atoms with Gasteiger partial charge in [0.1, 0.15) is 0 Å². The summed E-state index contributed by atoms with van der Waals surface area (Å²) in [6.45, 7) is 4.50. The molecule has 0 saturated heterocycles. The molecule has 0 unspecified atom stereocenters. The number of benzene rings is 2. The summed E-state index contributed by atoms with van der Waals surface area (Å²) in [5.74, 6) is -1.64. The van der Waals surface area contributed by atoms with Crippen LogP contribution >= 0.6 is 0 Å². The first-order valence-corrected chi connectivity index (χ1v) is 17.1. The number of ether oxygens (including phenoxy) is 2. The second kappa shape index (κ2) is 20.4. The summed E-state index contributed by atoms with van der Waals surface area (Å²) in [6.07, 6.45) is 4.88. The molecule has 0 radical (unpaired) electrons. The number of carbonyl (C=O) groups excluding carboxylic acids is 2. The maximum atomic E-state index is 14.6. The van der Waals surface area contributed by atoms with Crippen LogP contribution in [0.2, 0.25) is 0 Å². The number of hydrogen-bond donors (Lipinski definition) is 0. The van der Waals surface area contributed by atoms with E-state index in [-0.39, 0.29) is 24.3 Å². The molecular formula is C37H50F6O4. The van der Waals surface area contributed by atoms with Gasteiger partial charge in [-0.2, -0.15) is 26.3 Å². The first-order chi connectivity index (χ1) is 22.4. The Hall–Kier alpha value is -3.04. The number of halogens is 6. The van der Waals surface area contributed by atoms with Gasteiger partial charge < -0.3 is 9.47 Å². The van der Waals surface area contributed by atoms with Gasteiger partial charge in [-0.15, -0.1) is 0 Å². The lowest BCUT2D eigenvalue weighted by molar-refractivity contribution is -0.288. The molecule has 264 valence electrons. The van der Waals surface area contributed by atoms with Crippen molar-refractivity contribution in [2.24, 2.45) is 0 Å². The summed E-state index contributed by atoms with van der Waals surface area (Å²) in [5.41, 5.74) is -6.93. The second-order valence-corrected chi connectivity index (χ2v) is 12.1. The summed E-state index contributed by atoms with van der Waals surface area (Å²) >= 11 is 0. The molecule has 0 N–H and O–H groups in total. The zero-order valence-corrected chi connectivity index (χ0v) is 27.7. The van der Waals surface area contributed by atoms with Gasteiger partial charge >= 0.3 is 24.3 Å². The Labute approximate surface area is 275 Å². The fourth-order valence-electron chi connectivity index (χ4n) is 5.66. The van der Waals surface area contributed by atoms with Crippen LogP contribution in [0, 0.1) is 0 Å². The van der Waals surface area contributed by atoms with Crippen molar-refractivity contribution in [3.63, 3.8) is 0 Å². The Balaban J connectivity index is 2.07. The highest BCUT2D eigenvalue weighted by Gasteiger charge is 2.72. The maximum Gasteiger partial charge on any atom is 0.411 e. The van der Waals surface area contributed by atoms with Crippen molar-refractivity contribution in [2.75, 3.05) is 13.2 Å². The molecule has 10 heteroatoms. The molecule has 0 atom stereocenters. The summed E-state index contributed by atoms with van der Waals surface area (Å²) in [6, 6.07) is 6.26. The van der Waals surface area contributed by atoms with E-state index < -0.39 is 40.8 Å². The van der Waals surface area contributed by atoms with Crippen molar-refractivity contribution in [1.29, 1.82) is 0 Å². The van der Waals surface area contributed by atoms with E-state index in [2.05, 4.69) is 13.8 Å². The van der Waals surface area contributed by atoms with Gasteiger partial charge in [-0.05, 0) is 48.2 Å². The third kappa shape index (κ3) is 12.2. The lowest BCUT2D eigenvalue weighted by Crippen LogP contribution is -2.54. The summed E-state index contributed by atoms with van der Waals surface area (Å²) in [4.78, 5) is 24.9. The van der Waals surface area contributed by atoms with Gasteiger partial charge in [0.2, 0.25) is 5.41 Å². The molecule has 47 heavy (non-hydrogen) atoms. The summed E-state index contributed by atoms with van der Waals surface area (Å²) < 4.78 is 97.8. The van der Waals surface area contributed by atoms with E-state index in [0.717, 1.165) is 88.5 Å². The quantitative estimate of drug-likeness (QED) is 0.0710. The molecule has 0 fully saturated rings. The molecule has 0 bridgehead atoms. The molecule has 0 aliphatic heterocycles.